The van der Waals surface area contributed by atoms with Crippen LogP contribution in [0.5, 0.6) is 0 Å². The van der Waals surface area contributed by atoms with Crippen molar-refractivity contribution < 1.29 is 38.2 Å². The van der Waals surface area contributed by atoms with Crippen LogP contribution in [0.25, 0.3) is 0 Å². The van der Waals surface area contributed by atoms with Crippen LogP contribution in [0.1, 0.15) is 213 Å². The molecule has 2 atom stereocenters. The summed E-state index contributed by atoms with van der Waals surface area (Å²) in [5.74, 6) is -1.75. The number of rotatable bonds is 44. The van der Waals surface area contributed by atoms with E-state index in [4.69, 9.17) is 14.2 Å². The lowest BCUT2D eigenvalue weighted by molar-refractivity contribution is -0.889. The molecule has 0 spiro atoms. The molecule has 0 aliphatic rings. The zero-order valence-electron chi connectivity index (χ0n) is 39.6. The minimum atomic E-state index is -1.13. The van der Waals surface area contributed by atoms with E-state index in [0.717, 1.165) is 77.0 Å². The quantitative estimate of drug-likeness (QED) is 0.0260. The molecule has 0 bridgehead atoms. The van der Waals surface area contributed by atoms with Crippen molar-refractivity contribution in [3.05, 3.63) is 48.6 Å². The van der Waals surface area contributed by atoms with Gasteiger partial charge in [-0.3, -0.25) is 9.59 Å². The van der Waals surface area contributed by atoms with Crippen LogP contribution in [0, 0.1) is 0 Å². The maximum atomic E-state index is 12.8. The molecule has 0 rings (SSSR count). The van der Waals surface area contributed by atoms with Crippen LogP contribution in [0.4, 0.5) is 0 Å². The van der Waals surface area contributed by atoms with Gasteiger partial charge >= 0.3 is 11.9 Å². The Hall–Kier alpha value is -2.71. The monoisotopic (exact) mass is 844 g/mol. The van der Waals surface area contributed by atoms with E-state index in [1.807, 2.05) is 0 Å². The van der Waals surface area contributed by atoms with Gasteiger partial charge in [0.25, 0.3) is 0 Å². The van der Waals surface area contributed by atoms with Crippen molar-refractivity contribution in [2.45, 2.75) is 225 Å². The molecule has 0 aromatic heterocycles. The van der Waals surface area contributed by atoms with Gasteiger partial charge in [-0.05, 0) is 57.8 Å². The van der Waals surface area contributed by atoms with Crippen molar-refractivity contribution in [1.29, 1.82) is 0 Å². The van der Waals surface area contributed by atoms with E-state index >= 15 is 0 Å². The molecular formula is C52H93NO7. The second-order valence-corrected chi connectivity index (χ2v) is 17.7. The normalized spacial score (nSPS) is 13.3. The fourth-order valence-electron chi connectivity index (χ4n) is 7.11. The summed E-state index contributed by atoms with van der Waals surface area (Å²) in [6, 6.07) is -0.729. The van der Waals surface area contributed by atoms with Gasteiger partial charge in [-0.25, -0.2) is 0 Å². The standard InChI is InChI=1S/C52H93NO7/c1-6-8-10-12-14-16-18-20-22-23-24-25-26-27-29-31-33-35-37-39-41-43-51(55)60-48(46-58-45-44-49(52(56)57)53(3,4)5)47-59-50(54)42-40-38-36-34-32-30-28-21-19-17-15-13-11-9-7-2/h14,16,20,22,24-25,27,29,48-49H,6-13,15,17-19,21,23,26,28,30-47H2,1-5H3/b16-14+,22-20+,25-24+,29-27+. The molecular weight excluding hydrogens is 751 g/mol. The van der Waals surface area contributed by atoms with Crippen LogP contribution < -0.4 is 5.11 Å². The summed E-state index contributed by atoms with van der Waals surface area (Å²) in [5, 5.41) is 11.6. The van der Waals surface area contributed by atoms with E-state index in [0.29, 0.717) is 12.8 Å². The van der Waals surface area contributed by atoms with Gasteiger partial charge in [0, 0.05) is 19.3 Å². The Labute approximate surface area is 369 Å². The highest BCUT2D eigenvalue weighted by molar-refractivity contribution is 5.70. The topological polar surface area (TPSA) is 102 Å². The van der Waals surface area contributed by atoms with Crippen molar-refractivity contribution >= 4 is 17.9 Å². The summed E-state index contributed by atoms with van der Waals surface area (Å²) in [6.45, 7) is 4.63. The number of ether oxygens (including phenoxy) is 3. The van der Waals surface area contributed by atoms with Crippen LogP contribution in [0.3, 0.4) is 0 Å². The molecule has 0 aliphatic carbocycles. The SMILES string of the molecule is CCCCC/C=C/C/C=C/C/C=C/C/C=C/CCCCCCCC(=O)OC(COCCC(C(=O)[O-])[N+](C)(C)C)COC(=O)CCCCCCCCCCCCCCCCC. The molecule has 8 nitrogen and oxygen atoms in total. The van der Waals surface area contributed by atoms with Crippen LogP contribution in [-0.2, 0) is 28.6 Å². The Kier molecular flexibility index (Phi) is 41.0. The number of carboxylic acids is 1. The Morgan fingerprint density at radius 1 is 0.500 bits per heavy atom. The minimum Gasteiger partial charge on any atom is -0.544 e. The largest absolute Gasteiger partial charge is 0.544 e. The molecule has 0 fully saturated rings. The van der Waals surface area contributed by atoms with Crippen molar-refractivity contribution in [1.82, 2.24) is 0 Å². The molecule has 0 saturated carbocycles. The number of carboxylic acid groups (broad SMARTS) is 1. The Morgan fingerprint density at radius 2 is 0.883 bits per heavy atom. The average Bonchev–Trinajstić information content (AvgIpc) is 3.21. The predicted octanol–water partition coefficient (Wildman–Crippen LogP) is 12.6. The fourth-order valence-corrected chi connectivity index (χ4v) is 7.11. The van der Waals surface area contributed by atoms with Gasteiger partial charge in [0.1, 0.15) is 12.6 Å². The Morgan fingerprint density at radius 3 is 1.33 bits per heavy atom. The number of nitrogens with zero attached hydrogens (tertiary/aromatic N) is 1. The molecule has 2 unspecified atom stereocenters. The van der Waals surface area contributed by atoms with E-state index in [-0.39, 0.29) is 42.7 Å². The molecule has 0 saturated heterocycles. The Bertz CT molecular complexity index is 1120. The summed E-state index contributed by atoms with van der Waals surface area (Å²) in [5.41, 5.74) is 0. The number of quaternary nitrogens is 1. The smallest absolute Gasteiger partial charge is 0.306 e. The molecule has 0 aliphatic heterocycles. The average molecular weight is 844 g/mol. The third kappa shape index (κ3) is 40.7. The third-order valence-corrected chi connectivity index (χ3v) is 11.0. The van der Waals surface area contributed by atoms with Crippen molar-refractivity contribution in [2.75, 3.05) is 41.0 Å². The number of hydrogen-bond donors (Lipinski definition) is 0. The molecule has 0 amide bonds. The number of unbranched alkanes of at least 4 members (excludes halogenated alkanes) is 22. The fraction of sp³-hybridized carbons (Fsp3) is 0.788. The molecule has 0 aromatic rings. The maximum absolute atomic E-state index is 12.8. The van der Waals surface area contributed by atoms with Gasteiger partial charge in [-0.15, -0.1) is 0 Å². The van der Waals surface area contributed by atoms with Crippen molar-refractivity contribution in [3.63, 3.8) is 0 Å². The van der Waals surface area contributed by atoms with Crippen molar-refractivity contribution in [2.24, 2.45) is 0 Å². The lowest BCUT2D eigenvalue weighted by Gasteiger charge is -2.34. The number of aliphatic carboxylic acids is 1. The molecule has 8 heteroatoms. The summed E-state index contributed by atoms with van der Waals surface area (Å²) < 4.78 is 17.2. The second kappa shape index (κ2) is 43.0. The number of esters is 2. The Balaban J connectivity index is 4.31. The van der Waals surface area contributed by atoms with Crippen LogP contribution >= 0.6 is 0 Å². The number of carbonyl (C=O) groups is 3. The third-order valence-electron chi connectivity index (χ3n) is 11.0. The van der Waals surface area contributed by atoms with E-state index < -0.39 is 18.1 Å². The number of allylic oxidation sites excluding steroid dienone is 8. The van der Waals surface area contributed by atoms with Crippen LogP contribution in [-0.4, -0.2) is 75.5 Å². The van der Waals surface area contributed by atoms with Gasteiger partial charge in [0.2, 0.25) is 0 Å². The molecule has 0 aromatic carbocycles. The molecule has 0 N–H and O–H groups in total. The zero-order chi connectivity index (χ0) is 44.2. The van der Waals surface area contributed by atoms with E-state index in [2.05, 4.69) is 62.5 Å². The molecule has 0 radical (unpaired) electrons. The lowest BCUT2D eigenvalue weighted by atomic mass is 10.0. The van der Waals surface area contributed by atoms with Crippen LogP contribution in [0.15, 0.2) is 48.6 Å². The number of likely N-dealkylation sites (N-methyl/N-ethyl adjacent to an activating group) is 1. The first-order chi connectivity index (χ1) is 29.1. The van der Waals surface area contributed by atoms with E-state index in [1.54, 1.807) is 21.1 Å². The highest BCUT2D eigenvalue weighted by Gasteiger charge is 2.25. The first kappa shape index (κ1) is 57.3. The highest BCUT2D eigenvalue weighted by Crippen LogP contribution is 2.15. The first-order valence-corrected chi connectivity index (χ1v) is 24.7. The summed E-state index contributed by atoms with van der Waals surface area (Å²) >= 11 is 0. The van der Waals surface area contributed by atoms with E-state index in [9.17, 15) is 19.5 Å². The van der Waals surface area contributed by atoms with Gasteiger partial charge in [0.05, 0.1) is 40.3 Å². The number of hydrogen-bond acceptors (Lipinski definition) is 7. The van der Waals surface area contributed by atoms with E-state index in [1.165, 1.54) is 103 Å². The summed E-state index contributed by atoms with van der Waals surface area (Å²) in [4.78, 5) is 37.0. The molecule has 348 valence electrons. The summed E-state index contributed by atoms with van der Waals surface area (Å²) in [6.07, 6.45) is 51.3. The lowest BCUT2D eigenvalue weighted by Crippen LogP contribution is -2.55. The first-order valence-electron chi connectivity index (χ1n) is 24.7. The highest BCUT2D eigenvalue weighted by atomic mass is 16.6. The minimum absolute atomic E-state index is 0.0341. The van der Waals surface area contributed by atoms with Gasteiger partial charge in [0.15, 0.2) is 6.10 Å². The molecule has 0 heterocycles. The zero-order valence-corrected chi connectivity index (χ0v) is 39.6. The molecule has 60 heavy (non-hydrogen) atoms. The van der Waals surface area contributed by atoms with Gasteiger partial charge < -0.3 is 28.6 Å². The van der Waals surface area contributed by atoms with Gasteiger partial charge in [-0.1, -0.05) is 184 Å². The number of carbonyl (C=O) groups excluding carboxylic acids is 3. The predicted molar refractivity (Wildman–Crippen MR) is 250 cm³/mol. The maximum Gasteiger partial charge on any atom is 0.306 e. The van der Waals surface area contributed by atoms with Gasteiger partial charge in [-0.2, -0.15) is 0 Å². The van der Waals surface area contributed by atoms with Crippen molar-refractivity contribution in [3.8, 4) is 0 Å². The van der Waals surface area contributed by atoms with Crippen LogP contribution in [0.2, 0.25) is 0 Å². The summed E-state index contributed by atoms with van der Waals surface area (Å²) in [7, 11) is 5.41. The second-order valence-electron chi connectivity index (χ2n) is 17.7.